The van der Waals surface area contributed by atoms with Crippen LogP contribution in [0.4, 0.5) is 0 Å². The SMILES string of the molecule is Oc1ccc2c(c1O)CCN(C(=S)NCCc1cccc(Cl)c1)C2. The molecule has 0 bridgehead atoms. The molecule has 3 rings (SSSR count). The average molecular weight is 363 g/mol. The highest BCUT2D eigenvalue weighted by Gasteiger charge is 2.22. The topological polar surface area (TPSA) is 55.7 Å². The maximum atomic E-state index is 9.93. The fourth-order valence-electron chi connectivity index (χ4n) is 2.92. The second kappa shape index (κ2) is 7.28. The van der Waals surface area contributed by atoms with Gasteiger partial charge in [0, 0.05) is 30.2 Å². The van der Waals surface area contributed by atoms with Crippen molar-refractivity contribution in [2.45, 2.75) is 19.4 Å². The summed E-state index contributed by atoms with van der Waals surface area (Å²) in [6, 6.07) is 11.2. The Kier molecular flexibility index (Phi) is 5.11. The van der Waals surface area contributed by atoms with E-state index in [2.05, 4.69) is 10.2 Å². The van der Waals surface area contributed by atoms with Crippen molar-refractivity contribution in [3.05, 3.63) is 58.1 Å². The minimum atomic E-state index is -0.0653. The molecule has 6 heteroatoms. The number of nitrogens with one attached hydrogen (secondary N) is 1. The molecule has 1 aliphatic heterocycles. The Labute approximate surface area is 151 Å². The molecule has 4 nitrogen and oxygen atoms in total. The molecular weight excluding hydrogens is 344 g/mol. The van der Waals surface area contributed by atoms with Gasteiger partial charge in [0.05, 0.1) is 0 Å². The van der Waals surface area contributed by atoms with Gasteiger partial charge in [-0.3, -0.25) is 0 Å². The second-order valence-electron chi connectivity index (χ2n) is 5.85. The van der Waals surface area contributed by atoms with E-state index in [0.29, 0.717) is 24.6 Å². The highest BCUT2D eigenvalue weighted by atomic mass is 35.5. The van der Waals surface area contributed by atoms with Crippen LogP contribution < -0.4 is 5.32 Å². The number of hydrogen-bond donors (Lipinski definition) is 3. The fourth-order valence-corrected chi connectivity index (χ4v) is 3.39. The summed E-state index contributed by atoms with van der Waals surface area (Å²) in [6.07, 6.45) is 1.51. The summed E-state index contributed by atoms with van der Waals surface area (Å²) < 4.78 is 0. The Morgan fingerprint density at radius 2 is 2.08 bits per heavy atom. The molecule has 126 valence electrons. The van der Waals surface area contributed by atoms with Crippen molar-refractivity contribution in [1.29, 1.82) is 0 Å². The molecule has 0 spiro atoms. The highest BCUT2D eigenvalue weighted by molar-refractivity contribution is 7.80. The van der Waals surface area contributed by atoms with E-state index in [0.717, 1.165) is 29.1 Å². The third-order valence-corrected chi connectivity index (χ3v) is 4.86. The number of phenols is 2. The molecule has 0 fully saturated rings. The van der Waals surface area contributed by atoms with Crippen molar-refractivity contribution in [2.24, 2.45) is 0 Å². The van der Waals surface area contributed by atoms with Gasteiger partial charge in [-0.1, -0.05) is 29.8 Å². The number of hydrogen-bond acceptors (Lipinski definition) is 3. The molecular formula is C18H19ClN2O2S. The Morgan fingerprint density at radius 1 is 1.25 bits per heavy atom. The van der Waals surface area contributed by atoms with Crippen LogP contribution in [0, 0.1) is 0 Å². The molecule has 0 saturated heterocycles. The standard InChI is InChI=1S/C18H19ClN2O2S/c19-14-3-1-2-12(10-14)6-8-20-18(24)21-9-7-15-13(11-21)4-5-16(22)17(15)23/h1-5,10,22-23H,6-9,11H2,(H,20,24). The summed E-state index contributed by atoms with van der Waals surface area (Å²) in [5.74, 6) is -0.0728. The smallest absolute Gasteiger partial charge is 0.169 e. The number of rotatable bonds is 3. The van der Waals surface area contributed by atoms with Gasteiger partial charge in [-0.2, -0.15) is 0 Å². The van der Waals surface area contributed by atoms with Crippen LogP contribution in [0.3, 0.4) is 0 Å². The van der Waals surface area contributed by atoms with Gasteiger partial charge in [0.25, 0.3) is 0 Å². The number of phenolic OH excluding ortho intramolecular Hbond substituents is 2. The maximum absolute atomic E-state index is 9.93. The van der Waals surface area contributed by atoms with Gasteiger partial charge < -0.3 is 20.4 Å². The molecule has 0 radical (unpaired) electrons. The zero-order chi connectivity index (χ0) is 17.1. The lowest BCUT2D eigenvalue weighted by molar-refractivity contribution is 0.363. The van der Waals surface area contributed by atoms with Crippen molar-refractivity contribution >= 4 is 28.9 Å². The minimum absolute atomic E-state index is 0.00742. The van der Waals surface area contributed by atoms with Crippen molar-refractivity contribution in [3.8, 4) is 11.5 Å². The summed E-state index contributed by atoms with van der Waals surface area (Å²) >= 11 is 11.5. The van der Waals surface area contributed by atoms with Crippen LogP contribution >= 0.6 is 23.8 Å². The molecule has 0 aromatic heterocycles. The predicted octanol–water partition coefficient (Wildman–Crippen LogP) is 3.23. The largest absolute Gasteiger partial charge is 0.504 e. The molecule has 24 heavy (non-hydrogen) atoms. The first-order chi connectivity index (χ1) is 11.5. The molecule has 0 unspecified atom stereocenters. The lowest BCUT2D eigenvalue weighted by Gasteiger charge is -2.31. The van der Waals surface area contributed by atoms with E-state index in [1.807, 2.05) is 30.3 Å². The second-order valence-corrected chi connectivity index (χ2v) is 6.68. The summed E-state index contributed by atoms with van der Waals surface area (Å²) in [5, 5.41) is 24.2. The number of nitrogens with zero attached hydrogens (tertiary/aromatic N) is 1. The van der Waals surface area contributed by atoms with Gasteiger partial charge in [-0.05, 0) is 54.4 Å². The van der Waals surface area contributed by atoms with Crippen molar-refractivity contribution in [2.75, 3.05) is 13.1 Å². The number of halogens is 1. The van der Waals surface area contributed by atoms with Crippen LogP contribution in [0.25, 0.3) is 0 Å². The van der Waals surface area contributed by atoms with Gasteiger partial charge in [0.1, 0.15) is 0 Å². The third-order valence-electron chi connectivity index (χ3n) is 4.22. The van der Waals surface area contributed by atoms with Gasteiger partial charge in [-0.15, -0.1) is 0 Å². The number of fused-ring (bicyclic) bond motifs is 1. The summed E-state index contributed by atoms with van der Waals surface area (Å²) in [4.78, 5) is 2.08. The molecule has 2 aromatic rings. The molecule has 0 atom stereocenters. The molecule has 0 amide bonds. The number of benzene rings is 2. The minimum Gasteiger partial charge on any atom is -0.504 e. The average Bonchev–Trinajstić information content (AvgIpc) is 2.58. The zero-order valence-corrected chi connectivity index (χ0v) is 14.7. The molecule has 0 aliphatic carbocycles. The Hall–Kier alpha value is -1.98. The monoisotopic (exact) mass is 362 g/mol. The maximum Gasteiger partial charge on any atom is 0.169 e. The quantitative estimate of drug-likeness (QED) is 0.578. The zero-order valence-electron chi connectivity index (χ0n) is 13.1. The lowest BCUT2D eigenvalue weighted by atomic mass is 9.98. The number of thiocarbonyl (C=S) groups is 1. The van der Waals surface area contributed by atoms with Crippen molar-refractivity contribution < 1.29 is 10.2 Å². The molecule has 3 N–H and O–H groups in total. The first kappa shape index (κ1) is 16.9. The van der Waals surface area contributed by atoms with E-state index >= 15 is 0 Å². The summed E-state index contributed by atoms with van der Waals surface area (Å²) in [6.45, 7) is 2.09. The van der Waals surface area contributed by atoms with Crippen LogP contribution in [0.1, 0.15) is 16.7 Å². The predicted molar refractivity (Wildman–Crippen MR) is 99.6 cm³/mol. The van der Waals surface area contributed by atoms with Crippen LogP contribution in [0.15, 0.2) is 36.4 Å². The van der Waals surface area contributed by atoms with Crippen LogP contribution in [-0.4, -0.2) is 33.3 Å². The molecule has 1 heterocycles. The van der Waals surface area contributed by atoms with Crippen molar-refractivity contribution in [3.63, 3.8) is 0 Å². The molecule has 2 aromatic carbocycles. The highest BCUT2D eigenvalue weighted by Crippen LogP contribution is 2.34. The Bertz CT molecular complexity index is 767. The van der Waals surface area contributed by atoms with E-state index in [4.69, 9.17) is 23.8 Å². The summed E-state index contributed by atoms with van der Waals surface area (Å²) in [5.41, 5.74) is 2.98. The van der Waals surface area contributed by atoms with Crippen molar-refractivity contribution in [1.82, 2.24) is 10.2 Å². The van der Waals surface area contributed by atoms with E-state index in [9.17, 15) is 10.2 Å². The Morgan fingerprint density at radius 3 is 2.88 bits per heavy atom. The third kappa shape index (κ3) is 3.74. The molecule has 1 aliphatic rings. The van der Waals surface area contributed by atoms with Crippen LogP contribution in [0.5, 0.6) is 11.5 Å². The summed E-state index contributed by atoms with van der Waals surface area (Å²) in [7, 11) is 0. The van der Waals surface area contributed by atoms with Crippen LogP contribution in [-0.2, 0) is 19.4 Å². The number of aromatic hydroxyl groups is 2. The van der Waals surface area contributed by atoms with E-state index < -0.39 is 0 Å². The normalized spacial score (nSPS) is 13.5. The van der Waals surface area contributed by atoms with E-state index in [-0.39, 0.29) is 11.5 Å². The van der Waals surface area contributed by atoms with Gasteiger partial charge in [0.2, 0.25) is 0 Å². The lowest BCUT2D eigenvalue weighted by Crippen LogP contribution is -2.43. The fraction of sp³-hybridized carbons (Fsp3) is 0.278. The van der Waals surface area contributed by atoms with E-state index in [1.165, 1.54) is 11.6 Å². The van der Waals surface area contributed by atoms with Gasteiger partial charge in [0.15, 0.2) is 16.6 Å². The van der Waals surface area contributed by atoms with Crippen LogP contribution in [0.2, 0.25) is 5.02 Å². The van der Waals surface area contributed by atoms with Gasteiger partial charge in [-0.25, -0.2) is 0 Å². The van der Waals surface area contributed by atoms with E-state index in [1.54, 1.807) is 0 Å². The van der Waals surface area contributed by atoms with Gasteiger partial charge >= 0.3 is 0 Å². The molecule has 0 saturated carbocycles. The Balaban J connectivity index is 1.55. The first-order valence-corrected chi connectivity index (χ1v) is 8.63. The first-order valence-electron chi connectivity index (χ1n) is 7.84.